The van der Waals surface area contributed by atoms with Crippen LogP contribution in [-0.4, -0.2) is 12.3 Å². The van der Waals surface area contributed by atoms with Gasteiger partial charge < -0.3 is 5.32 Å². The molecule has 20 heavy (non-hydrogen) atoms. The quantitative estimate of drug-likeness (QED) is 0.806. The second-order valence-corrected chi connectivity index (χ2v) is 8.52. The molecule has 0 saturated heterocycles. The van der Waals surface area contributed by atoms with Gasteiger partial charge in [0.2, 0.25) is 0 Å². The second kappa shape index (κ2) is 7.33. The number of thioether (sulfide) groups is 1. The van der Waals surface area contributed by atoms with Gasteiger partial charge in [0.25, 0.3) is 0 Å². The van der Waals surface area contributed by atoms with Crippen LogP contribution in [0.4, 0.5) is 0 Å². The third kappa shape index (κ3) is 3.61. The summed E-state index contributed by atoms with van der Waals surface area (Å²) < 4.78 is 0. The van der Waals surface area contributed by atoms with E-state index in [-0.39, 0.29) is 0 Å². The van der Waals surface area contributed by atoms with E-state index in [1.54, 1.807) is 15.3 Å². The van der Waals surface area contributed by atoms with Gasteiger partial charge in [0.1, 0.15) is 0 Å². The van der Waals surface area contributed by atoms with Crippen LogP contribution < -0.4 is 5.32 Å². The van der Waals surface area contributed by atoms with Crippen LogP contribution in [0.25, 0.3) is 0 Å². The Kier molecular flexibility index (Phi) is 5.47. The highest BCUT2D eigenvalue weighted by Gasteiger charge is 2.23. The lowest BCUT2D eigenvalue weighted by atomic mass is 9.84. The first-order valence-corrected chi connectivity index (χ1v) is 10.3. The maximum atomic E-state index is 3.76. The molecule has 1 N–H and O–H groups in total. The molecule has 0 bridgehead atoms. The van der Waals surface area contributed by atoms with Gasteiger partial charge in [0, 0.05) is 21.5 Å². The Morgan fingerprint density at radius 3 is 2.90 bits per heavy atom. The minimum Gasteiger partial charge on any atom is -0.310 e. The van der Waals surface area contributed by atoms with Crippen molar-refractivity contribution in [3.63, 3.8) is 0 Å². The Labute approximate surface area is 131 Å². The first-order chi connectivity index (χ1) is 9.86. The zero-order valence-electron chi connectivity index (χ0n) is 12.6. The number of nitrogens with one attached hydrogen (secondary N) is 1. The molecule has 1 aliphatic heterocycles. The van der Waals surface area contributed by atoms with E-state index in [1.165, 1.54) is 56.5 Å². The standard InChI is InChI=1S/C17H27NS2/c1-2-18-15(10-13-6-4-3-5-7-13)17-11-14-12-19-9-8-16(14)20-17/h11,13,15,18H,2-10,12H2,1H3. The number of rotatable bonds is 5. The van der Waals surface area contributed by atoms with E-state index in [0.717, 1.165) is 12.5 Å². The highest BCUT2D eigenvalue weighted by atomic mass is 32.2. The van der Waals surface area contributed by atoms with Gasteiger partial charge in [0.15, 0.2) is 0 Å². The van der Waals surface area contributed by atoms with Crippen LogP contribution in [0.1, 0.15) is 66.8 Å². The predicted octanol–water partition coefficient (Wildman–Crippen LogP) is 5.16. The summed E-state index contributed by atoms with van der Waals surface area (Å²) in [4.78, 5) is 3.29. The lowest BCUT2D eigenvalue weighted by Gasteiger charge is -2.26. The molecule has 3 heteroatoms. The minimum absolute atomic E-state index is 0.615. The van der Waals surface area contributed by atoms with E-state index in [0.29, 0.717) is 6.04 Å². The summed E-state index contributed by atoms with van der Waals surface area (Å²) in [5.74, 6) is 3.52. The molecule has 0 aromatic carbocycles. The minimum atomic E-state index is 0.615. The molecule has 2 heterocycles. The topological polar surface area (TPSA) is 12.0 Å². The molecule has 1 saturated carbocycles. The van der Waals surface area contributed by atoms with Gasteiger partial charge in [-0.3, -0.25) is 0 Å². The molecule has 1 aromatic rings. The van der Waals surface area contributed by atoms with Gasteiger partial charge in [-0.2, -0.15) is 11.8 Å². The van der Waals surface area contributed by atoms with Crippen LogP contribution in [0.5, 0.6) is 0 Å². The number of hydrogen-bond acceptors (Lipinski definition) is 3. The molecular weight excluding hydrogens is 282 g/mol. The third-order valence-corrected chi connectivity index (χ3v) is 7.09. The van der Waals surface area contributed by atoms with Gasteiger partial charge in [-0.25, -0.2) is 0 Å². The average Bonchev–Trinajstić information content (AvgIpc) is 2.92. The summed E-state index contributed by atoms with van der Waals surface area (Å²) in [5, 5.41) is 3.76. The van der Waals surface area contributed by atoms with Crippen molar-refractivity contribution in [2.75, 3.05) is 12.3 Å². The largest absolute Gasteiger partial charge is 0.310 e. The van der Waals surface area contributed by atoms with Gasteiger partial charge in [-0.05, 0) is 42.7 Å². The fourth-order valence-corrected chi connectivity index (χ4v) is 6.11. The molecule has 3 rings (SSSR count). The summed E-state index contributed by atoms with van der Waals surface area (Å²) in [6.07, 6.45) is 9.97. The molecule has 1 aliphatic carbocycles. The molecule has 0 spiro atoms. The summed E-state index contributed by atoms with van der Waals surface area (Å²) >= 11 is 4.19. The Balaban J connectivity index is 1.70. The third-order valence-electron chi connectivity index (χ3n) is 4.73. The van der Waals surface area contributed by atoms with Crippen molar-refractivity contribution in [1.82, 2.24) is 5.32 Å². The summed E-state index contributed by atoms with van der Waals surface area (Å²) in [6, 6.07) is 3.13. The molecule has 112 valence electrons. The van der Waals surface area contributed by atoms with Crippen molar-refractivity contribution in [2.45, 2.75) is 63.7 Å². The number of fused-ring (bicyclic) bond motifs is 1. The number of hydrogen-bond donors (Lipinski definition) is 1. The van der Waals surface area contributed by atoms with Crippen molar-refractivity contribution >= 4 is 23.1 Å². The number of thiophene rings is 1. The van der Waals surface area contributed by atoms with Crippen molar-refractivity contribution in [3.05, 3.63) is 21.4 Å². The average molecular weight is 310 g/mol. The smallest absolute Gasteiger partial charge is 0.0417 e. The van der Waals surface area contributed by atoms with Crippen LogP contribution in [0.2, 0.25) is 0 Å². The van der Waals surface area contributed by atoms with Crippen LogP contribution >= 0.6 is 23.1 Å². The normalized spacial score (nSPS) is 21.6. The first-order valence-electron chi connectivity index (χ1n) is 8.29. The summed E-state index contributed by atoms with van der Waals surface area (Å²) in [7, 11) is 0. The number of aryl methyl sites for hydroxylation is 1. The fraction of sp³-hybridized carbons (Fsp3) is 0.765. The Hall–Kier alpha value is 0.01000. The van der Waals surface area contributed by atoms with Crippen molar-refractivity contribution in [1.29, 1.82) is 0 Å². The first kappa shape index (κ1) is 14.9. The van der Waals surface area contributed by atoms with E-state index in [4.69, 9.17) is 0 Å². The zero-order valence-corrected chi connectivity index (χ0v) is 14.3. The van der Waals surface area contributed by atoms with Crippen LogP contribution in [0.3, 0.4) is 0 Å². The van der Waals surface area contributed by atoms with E-state index in [9.17, 15) is 0 Å². The van der Waals surface area contributed by atoms with E-state index < -0.39 is 0 Å². The van der Waals surface area contributed by atoms with Gasteiger partial charge >= 0.3 is 0 Å². The van der Waals surface area contributed by atoms with Crippen LogP contribution in [0, 0.1) is 5.92 Å². The van der Waals surface area contributed by atoms with Crippen molar-refractivity contribution < 1.29 is 0 Å². The Bertz CT molecular complexity index is 397. The van der Waals surface area contributed by atoms with E-state index in [1.807, 2.05) is 0 Å². The maximum Gasteiger partial charge on any atom is 0.0417 e. The molecule has 1 atom stereocenters. The highest BCUT2D eigenvalue weighted by molar-refractivity contribution is 7.98. The molecule has 0 amide bonds. The molecule has 1 aromatic heterocycles. The highest BCUT2D eigenvalue weighted by Crippen LogP contribution is 2.38. The lowest BCUT2D eigenvalue weighted by Crippen LogP contribution is -2.23. The monoisotopic (exact) mass is 309 g/mol. The Morgan fingerprint density at radius 2 is 2.15 bits per heavy atom. The van der Waals surface area contributed by atoms with Crippen LogP contribution in [-0.2, 0) is 12.2 Å². The zero-order chi connectivity index (χ0) is 13.8. The van der Waals surface area contributed by atoms with E-state index in [2.05, 4.69) is 41.4 Å². The lowest BCUT2D eigenvalue weighted by molar-refractivity contribution is 0.303. The summed E-state index contributed by atoms with van der Waals surface area (Å²) in [6.45, 7) is 3.34. The molecule has 1 nitrogen and oxygen atoms in total. The fourth-order valence-electron chi connectivity index (χ4n) is 3.64. The molecule has 2 aliphatic rings. The molecule has 0 radical (unpaired) electrons. The van der Waals surface area contributed by atoms with Gasteiger partial charge in [-0.15, -0.1) is 11.3 Å². The second-order valence-electron chi connectivity index (χ2n) is 6.25. The van der Waals surface area contributed by atoms with Gasteiger partial charge in [0.05, 0.1) is 0 Å². The van der Waals surface area contributed by atoms with Crippen molar-refractivity contribution in [2.24, 2.45) is 5.92 Å². The molecule has 1 unspecified atom stereocenters. The molecular formula is C17H27NS2. The van der Waals surface area contributed by atoms with Crippen molar-refractivity contribution in [3.8, 4) is 0 Å². The van der Waals surface area contributed by atoms with Crippen LogP contribution in [0.15, 0.2) is 6.07 Å². The molecule has 1 fully saturated rings. The Morgan fingerprint density at radius 1 is 1.30 bits per heavy atom. The maximum absolute atomic E-state index is 3.76. The SMILES string of the molecule is CCNC(CC1CCCCC1)c1cc2c(s1)CCSC2. The summed E-state index contributed by atoms with van der Waals surface area (Å²) in [5.41, 5.74) is 1.63. The predicted molar refractivity (Wildman–Crippen MR) is 91.8 cm³/mol. The van der Waals surface area contributed by atoms with Gasteiger partial charge in [-0.1, -0.05) is 39.0 Å². The van der Waals surface area contributed by atoms with E-state index >= 15 is 0 Å².